The van der Waals surface area contributed by atoms with Crippen LogP contribution in [0.25, 0.3) is 75.8 Å². The zero-order valence-corrected chi connectivity index (χ0v) is 37.7. The lowest BCUT2D eigenvalue weighted by Crippen LogP contribution is -1.86. The summed E-state index contributed by atoms with van der Waals surface area (Å²) in [6.45, 7) is 28.0. The van der Waals surface area contributed by atoms with Gasteiger partial charge in [-0.25, -0.2) is 0 Å². The highest BCUT2D eigenvalue weighted by Gasteiger charge is 2.20. The molecule has 0 N–H and O–H groups in total. The minimum absolute atomic E-state index is 1.04. The second kappa shape index (κ2) is 25.6. The fraction of sp³-hybridized carbons (Fsp3) is 0.263. The molecule has 0 unspecified atom stereocenters. The molecule has 0 nitrogen and oxygen atoms in total. The Morgan fingerprint density at radius 1 is 0.211 bits per heavy atom. The van der Waals surface area contributed by atoms with E-state index in [1.807, 2.05) is 96.9 Å². The Bertz CT molecular complexity index is 2310. The van der Waals surface area contributed by atoms with Gasteiger partial charge in [0.05, 0.1) is 0 Å². The third-order valence-electron chi connectivity index (χ3n) is 9.31. The fourth-order valence-corrected chi connectivity index (χ4v) is 7.39. The monoisotopic (exact) mass is 755 g/mol. The molecule has 9 aromatic carbocycles. The van der Waals surface area contributed by atoms with Gasteiger partial charge in [-0.15, -0.1) is 0 Å². The van der Waals surface area contributed by atoms with E-state index in [4.69, 9.17) is 0 Å². The zero-order chi connectivity index (χ0) is 42.3. The summed E-state index contributed by atoms with van der Waals surface area (Å²) < 4.78 is 0. The van der Waals surface area contributed by atoms with Gasteiger partial charge >= 0.3 is 0 Å². The molecule has 0 spiro atoms. The summed E-state index contributed by atoms with van der Waals surface area (Å²) in [6, 6.07) is 57.2. The van der Waals surface area contributed by atoms with Gasteiger partial charge < -0.3 is 0 Å². The van der Waals surface area contributed by atoms with E-state index in [9.17, 15) is 0 Å². The molecule has 0 radical (unpaired) electrons. The first-order valence-electron chi connectivity index (χ1n) is 22.1. The van der Waals surface area contributed by atoms with Crippen LogP contribution in [0.15, 0.2) is 158 Å². The standard InChI is InChI=1S/C25H16.C18H12.7C2H6/c1-2-8-18-16(7-1)13-17-14-24-21-11-5-3-9-19(21)20-10-4-6-12-22(20)25(24)15-23(17)18;1-2-8-14-13(7-1)15-9-3-4-11-17(15)18-12-6-5-10-16(14)18;7*1-2/h1-12,14-15H,13H2;1-12H;7*1-2H3. The Hall–Kier alpha value is -5.46. The molecule has 0 amide bonds. The van der Waals surface area contributed by atoms with Gasteiger partial charge in [0.25, 0.3) is 0 Å². The molecule has 0 saturated carbocycles. The van der Waals surface area contributed by atoms with Gasteiger partial charge in [-0.3, -0.25) is 0 Å². The Labute approximate surface area is 346 Å². The molecular formula is C57H70. The van der Waals surface area contributed by atoms with Crippen molar-refractivity contribution in [3.05, 3.63) is 169 Å². The number of benzene rings is 9. The van der Waals surface area contributed by atoms with E-state index in [2.05, 4.69) is 158 Å². The van der Waals surface area contributed by atoms with Crippen molar-refractivity contribution in [2.45, 2.75) is 103 Å². The van der Waals surface area contributed by atoms with Crippen LogP contribution in [0, 0.1) is 0 Å². The number of fused-ring (bicyclic) bond motifs is 15. The first kappa shape index (κ1) is 47.7. The summed E-state index contributed by atoms with van der Waals surface area (Å²) in [5, 5.41) is 16.2. The molecule has 1 aliphatic carbocycles. The van der Waals surface area contributed by atoms with E-state index in [-0.39, 0.29) is 0 Å². The molecule has 10 rings (SSSR count). The highest BCUT2D eigenvalue weighted by atomic mass is 14.2. The van der Waals surface area contributed by atoms with E-state index in [1.54, 1.807) is 0 Å². The maximum Gasteiger partial charge on any atom is -0.00132 e. The summed E-state index contributed by atoms with van der Waals surface area (Å²) >= 11 is 0. The summed E-state index contributed by atoms with van der Waals surface area (Å²) in [4.78, 5) is 0. The average molecular weight is 755 g/mol. The SMILES string of the molecule is CC.CC.CC.CC.CC.CC.CC.c1ccc2c(c1)Cc1cc3c4ccccc4c4ccccc4c3cc1-2.c1ccc2c(c1)c1ccccc1c1ccccc21. The lowest BCUT2D eigenvalue weighted by Gasteiger charge is -2.12. The van der Waals surface area contributed by atoms with Crippen LogP contribution in [0.3, 0.4) is 0 Å². The predicted octanol–water partition coefficient (Wildman–Crippen LogP) is 19.0. The summed E-state index contributed by atoms with van der Waals surface area (Å²) in [7, 11) is 0. The smallest absolute Gasteiger partial charge is 0.00132 e. The van der Waals surface area contributed by atoms with Crippen molar-refractivity contribution in [1.29, 1.82) is 0 Å². The normalized spacial score (nSPS) is 9.86. The summed E-state index contributed by atoms with van der Waals surface area (Å²) in [5.41, 5.74) is 5.70. The first-order valence-corrected chi connectivity index (χ1v) is 22.1. The van der Waals surface area contributed by atoms with Gasteiger partial charge in [0.1, 0.15) is 0 Å². The van der Waals surface area contributed by atoms with Crippen molar-refractivity contribution in [3.63, 3.8) is 0 Å². The third-order valence-corrected chi connectivity index (χ3v) is 9.31. The van der Waals surface area contributed by atoms with Gasteiger partial charge in [0, 0.05) is 0 Å². The molecule has 0 fully saturated rings. The molecule has 0 atom stereocenters. The van der Waals surface area contributed by atoms with Gasteiger partial charge in [-0.2, -0.15) is 0 Å². The average Bonchev–Trinajstić information content (AvgIpc) is 3.71. The van der Waals surface area contributed by atoms with E-state index >= 15 is 0 Å². The molecule has 0 bridgehead atoms. The molecule has 1 aliphatic rings. The van der Waals surface area contributed by atoms with Crippen LogP contribution in [0.4, 0.5) is 0 Å². The van der Waals surface area contributed by atoms with Gasteiger partial charge in [0.2, 0.25) is 0 Å². The second-order valence-corrected chi connectivity index (χ2v) is 11.6. The Kier molecular flexibility index (Phi) is 21.5. The third kappa shape index (κ3) is 10.1. The minimum Gasteiger partial charge on any atom is -0.0683 e. The van der Waals surface area contributed by atoms with Crippen molar-refractivity contribution in [2.75, 3.05) is 0 Å². The van der Waals surface area contributed by atoms with E-state index < -0.39 is 0 Å². The molecule has 298 valence electrons. The number of hydrogen-bond donors (Lipinski definition) is 0. The van der Waals surface area contributed by atoms with Crippen molar-refractivity contribution in [2.24, 2.45) is 0 Å². The molecule has 0 saturated heterocycles. The van der Waals surface area contributed by atoms with Crippen molar-refractivity contribution < 1.29 is 0 Å². The van der Waals surface area contributed by atoms with E-state index in [1.165, 1.54) is 86.9 Å². The molecular weight excluding hydrogens is 685 g/mol. The van der Waals surface area contributed by atoms with Crippen LogP contribution in [0.2, 0.25) is 0 Å². The lowest BCUT2D eigenvalue weighted by molar-refractivity contribution is 1.27. The zero-order valence-electron chi connectivity index (χ0n) is 37.7. The first-order chi connectivity index (χ1) is 28.3. The molecule has 0 aliphatic heterocycles. The minimum atomic E-state index is 1.04. The maximum absolute atomic E-state index is 2.43. The second-order valence-electron chi connectivity index (χ2n) is 11.6. The highest BCUT2D eigenvalue weighted by molar-refractivity contribution is 6.26. The van der Waals surface area contributed by atoms with Crippen LogP contribution in [0.1, 0.15) is 108 Å². The van der Waals surface area contributed by atoms with Gasteiger partial charge in [-0.1, -0.05) is 243 Å². The molecule has 0 heterocycles. The van der Waals surface area contributed by atoms with Gasteiger partial charge in [-0.05, 0) is 105 Å². The van der Waals surface area contributed by atoms with E-state index in [0.717, 1.165) is 6.42 Å². The van der Waals surface area contributed by atoms with E-state index in [0.29, 0.717) is 0 Å². The molecule has 9 aromatic rings. The topological polar surface area (TPSA) is 0 Å². The van der Waals surface area contributed by atoms with Crippen LogP contribution in [0.5, 0.6) is 0 Å². The highest BCUT2D eigenvalue weighted by Crippen LogP contribution is 2.43. The van der Waals surface area contributed by atoms with Crippen LogP contribution in [-0.2, 0) is 6.42 Å². The largest absolute Gasteiger partial charge is 0.0683 e. The van der Waals surface area contributed by atoms with Crippen LogP contribution < -0.4 is 0 Å². The maximum atomic E-state index is 2.43. The van der Waals surface area contributed by atoms with Crippen molar-refractivity contribution in [1.82, 2.24) is 0 Å². The quantitative estimate of drug-likeness (QED) is 0.135. The van der Waals surface area contributed by atoms with Gasteiger partial charge in [0.15, 0.2) is 0 Å². The van der Waals surface area contributed by atoms with Crippen molar-refractivity contribution in [3.8, 4) is 11.1 Å². The predicted molar refractivity (Wildman–Crippen MR) is 266 cm³/mol. The Morgan fingerprint density at radius 2 is 0.439 bits per heavy atom. The Morgan fingerprint density at radius 3 is 0.737 bits per heavy atom. The van der Waals surface area contributed by atoms with Crippen molar-refractivity contribution >= 4 is 64.6 Å². The number of hydrogen-bond acceptors (Lipinski definition) is 0. The molecule has 0 heteroatoms. The van der Waals surface area contributed by atoms with Crippen LogP contribution >= 0.6 is 0 Å². The summed E-state index contributed by atoms with van der Waals surface area (Å²) in [6.07, 6.45) is 1.04. The lowest BCUT2D eigenvalue weighted by atomic mass is 9.91. The van der Waals surface area contributed by atoms with Crippen LogP contribution in [-0.4, -0.2) is 0 Å². The fourth-order valence-electron chi connectivity index (χ4n) is 7.39. The molecule has 57 heavy (non-hydrogen) atoms. The Balaban J connectivity index is 0.000000310. The molecule has 0 aromatic heterocycles. The summed E-state index contributed by atoms with van der Waals surface area (Å²) in [5.74, 6) is 0. The number of rotatable bonds is 0.